The normalized spacial score (nSPS) is 11.6. The second-order valence-electron chi connectivity index (χ2n) is 5.37. The molecule has 0 aromatic carbocycles. The second-order valence-corrected chi connectivity index (χ2v) is 5.37. The largest absolute Gasteiger partial charge is 0.492 e. The molecule has 0 aliphatic heterocycles. The molecule has 0 aliphatic rings. The summed E-state index contributed by atoms with van der Waals surface area (Å²) in [6, 6.07) is 2.88. The van der Waals surface area contributed by atoms with Crippen molar-refractivity contribution in [2.24, 2.45) is 0 Å². The Morgan fingerprint density at radius 2 is 1.89 bits per heavy atom. The van der Waals surface area contributed by atoms with E-state index in [1.54, 1.807) is 6.20 Å². The van der Waals surface area contributed by atoms with E-state index in [-0.39, 0.29) is 6.61 Å². The molecule has 0 aliphatic carbocycles. The number of hydrogen-bond acceptors (Lipinski definition) is 4. The zero-order valence-electron chi connectivity index (χ0n) is 12.7. The Labute approximate surface area is 116 Å². The van der Waals surface area contributed by atoms with Crippen molar-refractivity contribution in [1.29, 1.82) is 0 Å². The third kappa shape index (κ3) is 4.80. The lowest BCUT2D eigenvalue weighted by Crippen LogP contribution is -2.39. The monoisotopic (exact) mass is 266 g/mol. The molecule has 0 atom stereocenters. The van der Waals surface area contributed by atoms with Crippen LogP contribution in [-0.4, -0.2) is 40.2 Å². The van der Waals surface area contributed by atoms with E-state index in [1.165, 1.54) is 0 Å². The van der Waals surface area contributed by atoms with Crippen LogP contribution < -0.4 is 4.74 Å². The van der Waals surface area contributed by atoms with Crippen LogP contribution in [0, 0.1) is 6.92 Å². The van der Waals surface area contributed by atoms with E-state index in [9.17, 15) is 5.11 Å². The molecule has 0 amide bonds. The Hall–Kier alpha value is -1.13. The number of ether oxygens (including phenoxy) is 1. The van der Waals surface area contributed by atoms with Crippen molar-refractivity contribution in [3.05, 3.63) is 23.5 Å². The number of aliphatic hydroxyl groups is 1. The van der Waals surface area contributed by atoms with Crippen molar-refractivity contribution in [3.8, 4) is 5.75 Å². The molecule has 4 nitrogen and oxygen atoms in total. The van der Waals surface area contributed by atoms with Crippen molar-refractivity contribution in [3.63, 3.8) is 0 Å². The average Bonchev–Trinajstić information content (AvgIpc) is 2.33. The van der Waals surface area contributed by atoms with E-state index in [0.29, 0.717) is 18.7 Å². The summed E-state index contributed by atoms with van der Waals surface area (Å²) in [4.78, 5) is 6.54. The van der Waals surface area contributed by atoms with Gasteiger partial charge in [0.25, 0.3) is 0 Å². The third-order valence-corrected chi connectivity index (χ3v) is 3.18. The van der Waals surface area contributed by atoms with Gasteiger partial charge in [0.1, 0.15) is 12.4 Å². The summed E-state index contributed by atoms with van der Waals surface area (Å²) in [6.07, 6.45) is 1.67. The first-order chi connectivity index (χ1) is 8.95. The zero-order valence-corrected chi connectivity index (χ0v) is 12.7. The summed E-state index contributed by atoms with van der Waals surface area (Å²) in [7, 11) is 0. The number of nitrogens with zero attached hydrogens (tertiary/aromatic N) is 2. The van der Waals surface area contributed by atoms with Crippen LogP contribution in [0.25, 0.3) is 0 Å². The highest BCUT2D eigenvalue weighted by atomic mass is 16.5. The Morgan fingerprint density at radius 1 is 1.26 bits per heavy atom. The second kappa shape index (κ2) is 7.46. The van der Waals surface area contributed by atoms with Gasteiger partial charge >= 0.3 is 0 Å². The highest BCUT2D eigenvalue weighted by Crippen LogP contribution is 2.18. The smallest absolute Gasteiger partial charge is 0.128 e. The molecule has 0 spiro atoms. The molecule has 0 radical (unpaired) electrons. The quantitative estimate of drug-likeness (QED) is 0.823. The first kappa shape index (κ1) is 15.9. The van der Waals surface area contributed by atoms with E-state index in [1.807, 2.05) is 13.0 Å². The third-order valence-electron chi connectivity index (χ3n) is 3.18. The first-order valence-corrected chi connectivity index (χ1v) is 6.90. The summed E-state index contributed by atoms with van der Waals surface area (Å²) < 4.78 is 5.80. The summed E-state index contributed by atoms with van der Waals surface area (Å²) in [5, 5.41) is 9.26. The number of hydrogen-bond donors (Lipinski definition) is 1. The summed E-state index contributed by atoms with van der Waals surface area (Å²) in [5.41, 5.74) is 1.64. The van der Waals surface area contributed by atoms with Gasteiger partial charge in [-0.1, -0.05) is 0 Å². The van der Waals surface area contributed by atoms with Crippen LogP contribution in [0.1, 0.15) is 39.0 Å². The van der Waals surface area contributed by atoms with Gasteiger partial charge < -0.3 is 9.84 Å². The molecule has 0 saturated heterocycles. The van der Waals surface area contributed by atoms with E-state index < -0.39 is 0 Å². The maximum atomic E-state index is 9.26. The van der Waals surface area contributed by atoms with Crippen molar-refractivity contribution in [2.75, 3.05) is 13.2 Å². The molecule has 0 unspecified atom stereocenters. The lowest BCUT2D eigenvalue weighted by Gasteiger charge is -2.30. The highest BCUT2D eigenvalue weighted by molar-refractivity contribution is 5.32. The van der Waals surface area contributed by atoms with Gasteiger partial charge in [0, 0.05) is 42.1 Å². The molecule has 0 bridgehead atoms. The Bertz CT molecular complexity index is 384. The minimum Gasteiger partial charge on any atom is -0.492 e. The van der Waals surface area contributed by atoms with Gasteiger partial charge in [-0.25, -0.2) is 0 Å². The average molecular weight is 266 g/mol. The van der Waals surface area contributed by atoms with Gasteiger partial charge in [0.15, 0.2) is 0 Å². The van der Waals surface area contributed by atoms with Gasteiger partial charge in [-0.3, -0.25) is 9.88 Å². The number of aryl methyl sites for hydroxylation is 1. The van der Waals surface area contributed by atoms with Gasteiger partial charge in [0.2, 0.25) is 0 Å². The van der Waals surface area contributed by atoms with Crippen LogP contribution in [-0.2, 0) is 6.61 Å². The molecular formula is C15H26N2O2. The predicted molar refractivity (Wildman–Crippen MR) is 77.4 cm³/mol. The van der Waals surface area contributed by atoms with Crippen LogP contribution in [0.4, 0.5) is 0 Å². The molecule has 4 heteroatoms. The Kier molecular flexibility index (Phi) is 6.25. The van der Waals surface area contributed by atoms with Gasteiger partial charge in [-0.15, -0.1) is 0 Å². The SMILES string of the molecule is Cc1cc(OCCN(C(C)C)C(C)C)c(CO)cn1. The number of aliphatic hydroxyl groups excluding tert-OH is 1. The lowest BCUT2D eigenvalue weighted by molar-refractivity contribution is 0.140. The molecule has 0 saturated carbocycles. The van der Waals surface area contributed by atoms with Crippen molar-refractivity contribution in [2.45, 2.75) is 53.3 Å². The van der Waals surface area contributed by atoms with Gasteiger partial charge in [0.05, 0.1) is 6.61 Å². The van der Waals surface area contributed by atoms with Crippen LogP contribution in [0.15, 0.2) is 12.3 Å². The zero-order chi connectivity index (χ0) is 14.4. The molecule has 1 aromatic rings. The van der Waals surface area contributed by atoms with Crippen LogP contribution in [0.2, 0.25) is 0 Å². The van der Waals surface area contributed by atoms with Crippen molar-refractivity contribution < 1.29 is 9.84 Å². The molecule has 1 aromatic heterocycles. The van der Waals surface area contributed by atoms with Crippen LogP contribution >= 0.6 is 0 Å². The number of pyridine rings is 1. The minimum absolute atomic E-state index is 0.0410. The predicted octanol–water partition coefficient (Wildman–Crippen LogP) is 2.38. The molecule has 19 heavy (non-hydrogen) atoms. The van der Waals surface area contributed by atoms with Gasteiger partial charge in [-0.2, -0.15) is 0 Å². The lowest BCUT2D eigenvalue weighted by atomic mass is 10.2. The number of aromatic nitrogens is 1. The molecule has 1 N–H and O–H groups in total. The van der Waals surface area contributed by atoms with Crippen molar-refractivity contribution in [1.82, 2.24) is 9.88 Å². The van der Waals surface area contributed by atoms with Crippen molar-refractivity contribution >= 4 is 0 Å². The molecule has 1 heterocycles. The number of rotatable bonds is 7. The maximum Gasteiger partial charge on any atom is 0.128 e. The highest BCUT2D eigenvalue weighted by Gasteiger charge is 2.13. The fraction of sp³-hybridized carbons (Fsp3) is 0.667. The summed E-state index contributed by atoms with van der Waals surface area (Å²) in [5.74, 6) is 0.738. The Balaban J connectivity index is 2.59. The van der Waals surface area contributed by atoms with E-state index in [2.05, 4.69) is 37.6 Å². The van der Waals surface area contributed by atoms with Crippen LogP contribution in [0.5, 0.6) is 5.75 Å². The van der Waals surface area contributed by atoms with E-state index in [4.69, 9.17) is 4.74 Å². The Morgan fingerprint density at radius 3 is 2.42 bits per heavy atom. The standard InChI is InChI=1S/C15H26N2O2/c1-11(2)17(12(3)4)6-7-19-15-8-13(5)16-9-14(15)10-18/h8-9,11-12,18H,6-7,10H2,1-5H3. The maximum absolute atomic E-state index is 9.26. The molecular weight excluding hydrogens is 240 g/mol. The van der Waals surface area contributed by atoms with Gasteiger partial charge in [-0.05, 0) is 34.6 Å². The molecule has 108 valence electrons. The topological polar surface area (TPSA) is 45.6 Å². The molecule has 0 fully saturated rings. The fourth-order valence-electron chi connectivity index (χ4n) is 2.19. The van der Waals surface area contributed by atoms with E-state index in [0.717, 1.165) is 23.6 Å². The summed E-state index contributed by atoms with van der Waals surface area (Å²) >= 11 is 0. The van der Waals surface area contributed by atoms with E-state index >= 15 is 0 Å². The minimum atomic E-state index is -0.0410. The summed E-state index contributed by atoms with van der Waals surface area (Å²) in [6.45, 7) is 12.1. The van der Waals surface area contributed by atoms with Crippen LogP contribution in [0.3, 0.4) is 0 Å². The first-order valence-electron chi connectivity index (χ1n) is 6.90. The fourth-order valence-corrected chi connectivity index (χ4v) is 2.19. The molecule has 1 rings (SSSR count).